The molecular weight excluding hydrogens is 1300 g/mol. The molecule has 0 amide bonds. The normalized spacial score (nSPS) is 12.5. The second-order valence-corrected chi connectivity index (χ2v) is 37.3. The van der Waals surface area contributed by atoms with Crippen molar-refractivity contribution in [3.63, 3.8) is 0 Å². The van der Waals surface area contributed by atoms with E-state index in [2.05, 4.69) is 452 Å². The third-order valence-electron chi connectivity index (χ3n) is 21.7. The fourth-order valence-electron chi connectivity index (χ4n) is 14.8. The number of rotatable bonds is 14. The van der Waals surface area contributed by atoms with Gasteiger partial charge in [-0.1, -0.05) is 364 Å². The molecule has 13 aromatic rings. The molecule has 546 valence electrons. The summed E-state index contributed by atoms with van der Waals surface area (Å²) in [5.74, 6) is 0. The molecular formula is C106H112N2. The van der Waals surface area contributed by atoms with Crippen LogP contribution in [0.4, 0.5) is 34.1 Å². The van der Waals surface area contributed by atoms with E-state index >= 15 is 0 Å². The van der Waals surface area contributed by atoms with Crippen molar-refractivity contribution in [2.24, 2.45) is 0 Å². The van der Waals surface area contributed by atoms with Crippen LogP contribution in [-0.4, -0.2) is 0 Å². The van der Waals surface area contributed by atoms with E-state index in [-0.39, 0.29) is 37.9 Å². The van der Waals surface area contributed by atoms with Gasteiger partial charge in [0.15, 0.2) is 0 Å². The predicted octanol–water partition coefficient (Wildman–Crippen LogP) is 31.0. The quantitative estimate of drug-likeness (QED) is 0.107. The molecule has 0 radical (unpaired) electrons. The van der Waals surface area contributed by atoms with Gasteiger partial charge in [-0.3, -0.25) is 0 Å². The molecule has 0 aliphatic carbocycles. The zero-order chi connectivity index (χ0) is 77.0. The molecule has 13 aromatic carbocycles. The van der Waals surface area contributed by atoms with Crippen LogP contribution in [0.1, 0.15) is 184 Å². The Kier molecular flexibility index (Phi) is 20.5. The Hall–Kier alpha value is -10.5. The molecule has 0 aliphatic heterocycles. The molecule has 0 saturated carbocycles. The highest BCUT2D eigenvalue weighted by atomic mass is 15.2. The van der Waals surface area contributed by atoms with E-state index in [0.717, 1.165) is 89.8 Å². The fraction of sp³-hybridized carbons (Fsp3) is 0.264. The molecule has 0 atom stereocenters. The van der Waals surface area contributed by atoms with Crippen molar-refractivity contribution in [3.05, 3.63) is 336 Å². The Morgan fingerprint density at radius 3 is 0.648 bits per heavy atom. The van der Waals surface area contributed by atoms with Crippen molar-refractivity contribution in [2.75, 3.05) is 9.80 Å². The van der Waals surface area contributed by atoms with Gasteiger partial charge >= 0.3 is 0 Å². The van der Waals surface area contributed by atoms with E-state index in [0.29, 0.717) is 0 Å². The van der Waals surface area contributed by atoms with Gasteiger partial charge in [0.05, 0.1) is 11.4 Å². The lowest BCUT2D eigenvalue weighted by atomic mass is 9.78. The van der Waals surface area contributed by atoms with Crippen LogP contribution in [0, 0.1) is 0 Å². The molecule has 13 rings (SSSR count). The summed E-state index contributed by atoms with van der Waals surface area (Å²) >= 11 is 0. The number of hydrogen-bond donors (Lipinski definition) is 0. The molecule has 0 bridgehead atoms. The van der Waals surface area contributed by atoms with E-state index in [4.69, 9.17) is 0 Å². The summed E-state index contributed by atoms with van der Waals surface area (Å²) in [6.45, 7) is 49.3. The summed E-state index contributed by atoms with van der Waals surface area (Å²) in [6, 6.07) is 114. The predicted molar refractivity (Wildman–Crippen MR) is 470 cm³/mol. The zero-order valence-corrected chi connectivity index (χ0v) is 68.2. The maximum atomic E-state index is 2.61. The Balaban J connectivity index is 1.17. The Morgan fingerprint density at radius 1 is 0.148 bits per heavy atom. The first-order valence-electron chi connectivity index (χ1n) is 39.0. The van der Waals surface area contributed by atoms with Crippen LogP contribution in [0.25, 0.3) is 89.0 Å². The first-order valence-corrected chi connectivity index (χ1v) is 39.0. The first kappa shape index (κ1) is 75.7. The largest absolute Gasteiger partial charge is 0.309 e. The van der Waals surface area contributed by atoms with Gasteiger partial charge in [0.1, 0.15) is 0 Å². The standard InChI is InChI=1S/C106H112N2/c1-100(2,3)83-58-81(59-84(62-83)101(4,5)6)77-44-34-46-79(56-77)96-68-88(105(16,17)18)66-94(75-40-30-24-31-41-75)98(96)107(90-52-48-73(49-53-90)71-36-26-22-27-37-71)92-64-87(104(13,14)15)65-93(70-92)108(91-54-50-74(51-55-91)72-38-28-23-29-39-72)99-95(76-42-32-25-33-43-76)67-89(106(19,20)21)69-97(99)80-47-35-45-78(57-80)82-60-85(102(7,8)9)63-86(61-82)103(10,11)12/h22-70H,1-21H3. The number of nitrogens with zero attached hydrogens (tertiary/aromatic N) is 2. The molecule has 108 heavy (non-hydrogen) atoms. The van der Waals surface area contributed by atoms with Crippen molar-refractivity contribution in [1.82, 2.24) is 0 Å². The van der Waals surface area contributed by atoms with Crippen molar-refractivity contribution < 1.29 is 0 Å². The van der Waals surface area contributed by atoms with E-state index in [1.165, 1.54) is 72.3 Å². The minimum atomic E-state index is -0.345. The molecule has 0 aliphatic rings. The Morgan fingerprint density at radius 2 is 0.370 bits per heavy atom. The van der Waals surface area contributed by atoms with Gasteiger partial charge in [-0.05, 0) is 222 Å². The van der Waals surface area contributed by atoms with Crippen LogP contribution >= 0.6 is 0 Å². The summed E-state index contributed by atoms with van der Waals surface area (Å²) in [6.07, 6.45) is 0. The lowest BCUT2D eigenvalue weighted by molar-refractivity contribution is 0.568. The van der Waals surface area contributed by atoms with E-state index in [1.54, 1.807) is 0 Å². The van der Waals surface area contributed by atoms with Crippen molar-refractivity contribution in [2.45, 2.75) is 183 Å². The first-order chi connectivity index (χ1) is 50.9. The highest BCUT2D eigenvalue weighted by Crippen LogP contribution is 2.55. The van der Waals surface area contributed by atoms with Gasteiger partial charge in [0, 0.05) is 45.0 Å². The van der Waals surface area contributed by atoms with Crippen LogP contribution in [0.3, 0.4) is 0 Å². The molecule has 0 saturated heterocycles. The van der Waals surface area contributed by atoms with Crippen LogP contribution in [0.15, 0.2) is 297 Å². The van der Waals surface area contributed by atoms with Crippen molar-refractivity contribution in [3.8, 4) is 89.0 Å². The average Bonchev–Trinajstić information content (AvgIpc) is 0.730. The van der Waals surface area contributed by atoms with Gasteiger partial charge in [-0.25, -0.2) is 0 Å². The molecule has 0 unspecified atom stereocenters. The van der Waals surface area contributed by atoms with Gasteiger partial charge in [-0.2, -0.15) is 0 Å². The van der Waals surface area contributed by atoms with Crippen molar-refractivity contribution >= 4 is 34.1 Å². The van der Waals surface area contributed by atoms with Gasteiger partial charge in [0.2, 0.25) is 0 Å². The van der Waals surface area contributed by atoms with E-state index in [1.807, 2.05) is 0 Å². The number of anilines is 6. The fourth-order valence-corrected chi connectivity index (χ4v) is 14.8. The number of benzene rings is 13. The summed E-state index contributed by atoms with van der Waals surface area (Å²) in [5, 5.41) is 0. The van der Waals surface area contributed by atoms with Crippen LogP contribution in [0.2, 0.25) is 0 Å². The maximum Gasteiger partial charge on any atom is 0.0618 e. The van der Waals surface area contributed by atoms with Gasteiger partial charge < -0.3 is 9.80 Å². The Labute approximate surface area is 648 Å². The zero-order valence-electron chi connectivity index (χ0n) is 68.2. The lowest BCUT2D eigenvalue weighted by Crippen LogP contribution is -2.20. The Bertz CT molecular complexity index is 4960. The average molecular weight is 1410 g/mol. The van der Waals surface area contributed by atoms with E-state index in [9.17, 15) is 0 Å². The van der Waals surface area contributed by atoms with Crippen molar-refractivity contribution in [1.29, 1.82) is 0 Å². The van der Waals surface area contributed by atoms with E-state index < -0.39 is 0 Å². The summed E-state index contributed by atoms with van der Waals surface area (Å²) in [7, 11) is 0. The summed E-state index contributed by atoms with van der Waals surface area (Å²) < 4.78 is 0. The van der Waals surface area contributed by atoms with Crippen LogP contribution in [-0.2, 0) is 37.9 Å². The number of hydrogen-bond acceptors (Lipinski definition) is 2. The SMILES string of the molecule is CC(C)(C)c1cc(N(c2ccc(-c3ccccc3)cc2)c2c(-c3ccccc3)cc(C(C)(C)C)cc2-c2cccc(-c3cc(C(C)(C)C)cc(C(C)(C)C)c3)c2)cc(N(c2ccc(-c3ccccc3)cc2)c2c(-c3ccccc3)cc(C(C)(C)C)cc2-c2cccc(-c3cc(C(C)(C)C)cc(C(C)(C)C)c3)c2)c1. The molecule has 0 N–H and O–H groups in total. The smallest absolute Gasteiger partial charge is 0.0618 e. The molecule has 0 aromatic heterocycles. The lowest BCUT2D eigenvalue weighted by Gasteiger charge is -2.36. The van der Waals surface area contributed by atoms with Gasteiger partial charge in [-0.15, -0.1) is 0 Å². The molecule has 2 heteroatoms. The second-order valence-electron chi connectivity index (χ2n) is 37.3. The molecule has 0 heterocycles. The third-order valence-corrected chi connectivity index (χ3v) is 21.7. The highest BCUT2D eigenvalue weighted by molar-refractivity contribution is 6.02. The summed E-state index contributed by atoms with van der Waals surface area (Å²) in [5.41, 5.74) is 32.9. The topological polar surface area (TPSA) is 6.48 Å². The third kappa shape index (κ3) is 16.5. The maximum absolute atomic E-state index is 2.61. The minimum absolute atomic E-state index is 0.0634. The molecule has 0 spiro atoms. The highest BCUT2D eigenvalue weighted by Gasteiger charge is 2.33. The minimum Gasteiger partial charge on any atom is -0.309 e. The molecule has 0 fully saturated rings. The second kappa shape index (κ2) is 29.2. The van der Waals surface area contributed by atoms with Gasteiger partial charge in [0.25, 0.3) is 0 Å². The monoisotopic (exact) mass is 1410 g/mol. The summed E-state index contributed by atoms with van der Waals surface area (Å²) in [4.78, 5) is 5.23. The van der Waals surface area contributed by atoms with Crippen LogP contribution in [0.5, 0.6) is 0 Å². The molecule has 2 nitrogen and oxygen atoms in total. The van der Waals surface area contributed by atoms with Crippen LogP contribution < -0.4 is 9.80 Å².